The van der Waals surface area contributed by atoms with Crippen LogP contribution < -0.4 is 10.6 Å². The first-order valence-corrected chi connectivity index (χ1v) is 9.06. The van der Waals surface area contributed by atoms with Crippen LogP contribution in [0.5, 0.6) is 0 Å². The number of ether oxygens (including phenoxy) is 2. The fraction of sp³-hybridized carbons (Fsp3) is 0.286. The zero-order valence-corrected chi connectivity index (χ0v) is 15.6. The lowest BCUT2D eigenvalue weighted by molar-refractivity contribution is 0.0600. The van der Waals surface area contributed by atoms with Crippen LogP contribution >= 0.6 is 0 Å². The topological polar surface area (TPSA) is 93.7 Å². The smallest absolute Gasteiger partial charge is 0.337 e. The summed E-state index contributed by atoms with van der Waals surface area (Å²) in [5.41, 5.74) is 1.86. The summed E-state index contributed by atoms with van der Waals surface area (Å²) in [5.74, 6) is -0.945. The third kappa shape index (κ3) is 4.95. The molecule has 0 spiro atoms. The molecule has 2 aromatic carbocycles. The van der Waals surface area contributed by atoms with E-state index in [1.54, 1.807) is 36.4 Å². The van der Waals surface area contributed by atoms with E-state index in [0.717, 1.165) is 19.4 Å². The number of carbonyl (C=O) groups excluding carboxylic acids is 3. The molecular weight excluding hydrogens is 360 g/mol. The van der Waals surface area contributed by atoms with Gasteiger partial charge in [-0.1, -0.05) is 0 Å². The van der Waals surface area contributed by atoms with Gasteiger partial charge >= 0.3 is 5.97 Å². The Balaban J connectivity index is 1.55. The standard InChI is InChI=1S/C21H22N2O5/c1-27-21(26)16-6-4-15(5-7-16)20(25)23-17-10-8-14(9-11-17)19(24)22-13-18-3-2-12-28-18/h4-11,18H,2-3,12-13H2,1H3,(H,22,24)(H,23,25). The number of rotatable bonds is 6. The van der Waals surface area contributed by atoms with E-state index in [-0.39, 0.29) is 17.9 Å². The molecule has 1 unspecified atom stereocenters. The van der Waals surface area contributed by atoms with Crippen LogP contribution in [0.3, 0.4) is 0 Å². The third-order valence-corrected chi connectivity index (χ3v) is 4.49. The summed E-state index contributed by atoms with van der Waals surface area (Å²) in [7, 11) is 1.30. The van der Waals surface area contributed by atoms with Gasteiger partial charge in [0.1, 0.15) is 0 Å². The second kappa shape index (κ2) is 9.14. The molecule has 1 aliphatic heterocycles. The number of benzene rings is 2. The van der Waals surface area contributed by atoms with Crippen LogP contribution in [0.1, 0.15) is 43.9 Å². The molecule has 2 amide bonds. The highest BCUT2D eigenvalue weighted by Crippen LogP contribution is 2.14. The molecule has 2 aromatic rings. The molecule has 0 aromatic heterocycles. The molecule has 1 atom stereocenters. The zero-order chi connectivity index (χ0) is 19.9. The maximum Gasteiger partial charge on any atom is 0.337 e. The quantitative estimate of drug-likeness (QED) is 0.749. The van der Waals surface area contributed by atoms with E-state index in [1.807, 2.05) is 0 Å². The summed E-state index contributed by atoms with van der Waals surface area (Å²) in [6.07, 6.45) is 2.08. The summed E-state index contributed by atoms with van der Waals surface area (Å²) in [4.78, 5) is 35.9. The normalized spacial score (nSPS) is 15.7. The van der Waals surface area contributed by atoms with Crippen LogP contribution in [0, 0.1) is 0 Å². The molecule has 1 fully saturated rings. The van der Waals surface area contributed by atoms with Gasteiger partial charge in [-0.3, -0.25) is 9.59 Å². The number of hydrogen-bond donors (Lipinski definition) is 2. The van der Waals surface area contributed by atoms with E-state index in [2.05, 4.69) is 15.4 Å². The third-order valence-electron chi connectivity index (χ3n) is 4.49. The SMILES string of the molecule is COC(=O)c1ccc(C(=O)Nc2ccc(C(=O)NCC3CCCO3)cc2)cc1. The van der Waals surface area contributed by atoms with Crippen molar-refractivity contribution in [3.8, 4) is 0 Å². The van der Waals surface area contributed by atoms with Gasteiger partial charge in [-0.05, 0) is 61.4 Å². The zero-order valence-electron chi connectivity index (χ0n) is 15.6. The maximum absolute atomic E-state index is 12.3. The van der Waals surface area contributed by atoms with Gasteiger partial charge in [0.15, 0.2) is 0 Å². The Morgan fingerprint density at radius 1 is 0.964 bits per heavy atom. The Bertz CT molecular complexity index is 840. The van der Waals surface area contributed by atoms with E-state index >= 15 is 0 Å². The summed E-state index contributed by atoms with van der Waals surface area (Å²) >= 11 is 0. The van der Waals surface area contributed by atoms with Crippen molar-refractivity contribution < 1.29 is 23.9 Å². The van der Waals surface area contributed by atoms with E-state index in [4.69, 9.17) is 4.74 Å². The predicted molar refractivity (Wildman–Crippen MR) is 103 cm³/mol. The molecule has 1 heterocycles. The Hall–Kier alpha value is -3.19. The summed E-state index contributed by atoms with van der Waals surface area (Å²) in [6.45, 7) is 1.25. The average Bonchev–Trinajstić information content (AvgIpc) is 3.25. The van der Waals surface area contributed by atoms with Gasteiger partial charge < -0.3 is 20.1 Å². The molecule has 0 saturated carbocycles. The minimum absolute atomic E-state index is 0.0908. The minimum atomic E-state index is -0.458. The van der Waals surface area contributed by atoms with E-state index in [1.165, 1.54) is 19.2 Å². The van der Waals surface area contributed by atoms with Crippen LogP contribution in [0.15, 0.2) is 48.5 Å². The van der Waals surface area contributed by atoms with E-state index < -0.39 is 5.97 Å². The second-order valence-electron chi connectivity index (χ2n) is 6.45. The largest absolute Gasteiger partial charge is 0.465 e. The first-order valence-electron chi connectivity index (χ1n) is 9.06. The molecule has 0 bridgehead atoms. The summed E-state index contributed by atoms with van der Waals surface area (Å²) in [5, 5.41) is 5.61. The van der Waals surface area contributed by atoms with Crippen molar-refractivity contribution in [3.05, 3.63) is 65.2 Å². The summed E-state index contributed by atoms with van der Waals surface area (Å²) in [6, 6.07) is 12.8. The lowest BCUT2D eigenvalue weighted by Crippen LogP contribution is -2.31. The van der Waals surface area contributed by atoms with Gasteiger partial charge in [0, 0.05) is 30.0 Å². The lowest BCUT2D eigenvalue weighted by atomic mass is 10.1. The van der Waals surface area contributed by atoms with Crippen molar-refractivity contribution in [2.24, 2.45) is 0 Å². The van der Waals surface area contributed by atoms with Gasteiger partial charge in [-0.25, -0.2) is 4.79 Å². The van der Waals surface area contributed by atoms with Crippen LogP contribution in [0.25, 0.3) is 0 Å². The van der Waals surface area contributed by atoms with Gasteiger partial charge in [0.05, 0.1) is 18.8 Å². The maximum atomic E-state index is 12.3. The fourth-order valence-electron chi connectivity index (χ4n) is 2.90. The van der Waals surface area contributed by atoms with Crippen molar-refractivity contribution in [2.45, 2.75) is 18.9 Å². The van der Waals surface area contributed by atoms with Crippen LogP contribution in [-0.2, 0) is 9.47 Å². The number of nitrogens with one attached hydrogen (secondary N) is 2. The van der Waals surface area contributed by atoms with Crippen molar-refractivity contribution in [1.82, 2.24) is 5.32 Å². The van der Waals surface area contributed by atoms with Gasteiger partial charge in [0.2, 0.25) is 0 Å². The highest BCUT2D eigenvalue weighted by Gasteiger charge is 2.16. The first kappa shape index (κ1) is 19.6. The molecular formula is C21H22N2O5. The number of amides is 2. The predicted octanol–water partition coefficient (Wildman–Crippen LogP) is 2.63. The Kier molecular flexibility index (Phi) is 6.39. The number of carbonyl (C=O) groups is 3. The minimum Gasteiger partial charge on any atom is -0.465 e. The Labute approximate surface area is 163 Å². The highest BCUT2D eigenvalue weighted by atomic mass is 16.5. The van der Waals surface area contributed by atoms with Gasteiger partial charge in [-0.15, -0.1) is 0 Å². The first-order chi connectivity index (χ1) is 13.6. The highest BCUT2D eigenvalue weighted by molar-refractivity contribution is 6.05. The molecule has 7 heteroatoms. The van der Waals surface area contributed by atoms with Crippen LogP contribution in [-0.4, -0.2) is 44.1 Å². The van der Waals surface area contributed by atoms with E-state index in [0.29, 0.717) is 28.9 Å². The second-order valence-corrected chi connectivity index (χ2v) is 6.45. The van der Waals surface area contributed by atoms with Gasteiger partial charge in [-0.2, -0.15) is 0 Å². The molecule has 0 radical (unpaired) electrons. The number of methoxy groups -OCH3 is 1. The molecule has 0 aliphatic carbocycles. The Morgan fingerprint density at radius 2 is 1.57 bits per heavy atom. The van der Waals surface area contributed by atoms with Crippen molar-refractivity contribution in [3.63, 3.8) is 0 Å². The van der Waals surface area contributed by atoms with Crippen molar-refractivity contribution >= 4 is 23.5 Å². The molecule has 3 rings (SSSR count). The van der Waals surface area contributed by atoms with Crippen LogP contribution in [0.4, 0.5) is 5.69 Å². The molecule has 146 valence electrons. The number of esters is 1. The van der Waals surface area contributed by atoms with Crippen LogP contribution in [0.2, 0.25) is 0 Å². The Morgan fingerprint density at radius 3 is 2.18 bits per heavy atom. The monoisotopic (exact) mass is 382 g/mol. The number of anilines is 1. The summed E-state index contributed by atoms with van der Waals surface area (Å²) < 4.78 is 10.1. The fourth-order valence-corrected chi connectivity index (χ4v) is 2.90. The molecule has 1 saturated heterocycles. The van der Waals surface area contributed by atoms with Crippen molar-refractivity contribution in [1.29, 1.82) is 0 Å². The molecule has 2 N–H and O–H groups in total. The molecule has 28 heavy (non-hydrogen) atoms. The van der Waals surface area contributed by atoms with Crippen molar-refractivity contribution in [2.75, 3.05) is 25.6 Å². The van der Waals surface area contributed by atoms with Gasteiger partial charge in [0.25, 0.3) is 11.8 Å². The molecule has 7 nitrogen and oxygen atoms in total. The lowest BCUT2D eigenvalue weighted by Gasteiger charge is -2.11. The van der Waals surface area contributed by atoms with E-state index in [9.17, 15) is 14.4 Å². The number of hydrogen-bond acceptors (Lipinski definition) is 5. The average molecular weight is 382 g/mol. The molecule has 1 aliphatic rings.